The van der Waals surface area contributed by atoms with Gasteiger partial charge in [-0.25, -0.2) is 9.59 Å². The number of esters is 2. The third kappa shape index (κ3) is 9.57. The van der Waals surface area contributed by atoms with Gasteiger partial charge in [-0.1, -0.05) is 97.3 Å². The number of carbonyl (C=O) groups excluding carboxylic acids is 2. The number of hydrogen-bond donors (Lipinski definition) is 2. The van der Waals surface area contributed by atoms with Crippen molar-refractivity contribution in [3.05, 3.63) is 157 Å². The molecule has 2 saturated carbocycles. The largest absolute Gasteiger partial charge is 0.483 e. The van der Waals surface area contributed by atoms with Gasteiger partial charge in [-0.05, 0) is 142 Å². The molecule has 0 spiro atoms. The lowest BCUT2D eigenvalue weighted by Gasteiger charge is -2.48. The van der Waals surface area contributed by atoms with Crippen LogP contribution >= 0.6 is 0 Å². The number of carbonyl (C=O) groups is 2. The summed E-state index contributed by atoms with van der Waals surface area (Å²) in [5, 5.41) is 21.4. The maximum atomic E-state index is 15.2. The van der Waals surface area contributed by atoms with Crippen LogP contribution in [-0.2, 0) is 43.2 Å². The van der Waals surface area contributed by atoms with Gasteiger partial charge in [0.05, 0.1) is 18.8 Å². The molecule has 68 heavy (non-hydrogen) atoms. The molecular formula is C58H66O10. The van der Waals surface area contributed by atoms with Gasteiger partial charge in [-0.2, -0.15) is 0 Å². The molecule has 10 nitrogen and oxygen atoms in total. The summed E-state index contributed by atoms with van der Waals surface area (Å²) >= 11 is 0. The Kier molecular flexibility index (Phi) is 14.4. The minimum Gasteiger partial charge on any atom is -0.483 e. The van der Waals surface area contributed by atoms with Crippen molar-refractivity contribution < 1.29 is 43.2 Å². The van der Waals surface area contributed by atoms with Gasteiger partial charge in [0.2, 0.25) is 0 Å². The molecule has 4 aromatic carbocycles. The summed E-state index contributed by atoms with van der Waals surface area (Å²) in [5.41, 5.74) is 6.55. The summed E-state index contributed by atoms with van der Waals surface area (Å²) in [6, 6.07) is 31.6. The maximum absolute atomic E-state index is 15.2. The zero-order chi connectivity index (χ0) is 47.5. The van der Waals surface area contributed by atoms with E-state index in [1.807, 2.05) is 26.8 Å². The molecule has 0 amide bonds. The highest BCUT2D eigenvalue weighted by Crippen LogP contribution is 2.53. The summed E-state index contributed by atoms with van der Waals surface area (Å²) in [4.78, 5) is 44.2. The Bertz CT molecular complexity index is 2690. The maximum Gasteiger partial charge on any atom is 0.340 e. The number of methoxy groups -OCH3 is 1. The minimum atomic E-state index is -1.23. The van der Waals surface area contributed by atoms with Crippen molar-refractivity contribution in [3.63, 3.8) is 0 Å². The first-order valence-electron chi connectivity index (χ1n) is 24.8. The number of rotatable bonds is 10. The zero-order valence-electron chi connectivity index (χ0n) is 40.0. The average Bonchev–Trinajstić information content (AvgIpc) is 3.89. The Morgan fingerprint density at radius 1 is 0.838 bits per heavy atom. The molecule has 10 heteroatoms. The van der Waals surface area contributed by atoms with Gasteiger partial charge >= 0.3 is 17.6 Å². The van der Waals surface area contributed by atoms with E-state index < -0.39 is 47.9 Å². The van der Waals surface area contributed by atoms with Crippen molar-refractivity contribution >= 4 is 22.9 Å². The van der Waals surface area contributed by atoms with Crippen LogP contribution in [-0.4, -0.2) is 54.2 Å². The van der Waals surface area contributed by atoms with E-state index in [0.717, 1.165) is 62.5 Å². The fraction of sp³-hybridized carbons (Fsp3) is 0.466. The van der Waals surface area contributed by atoms with Gasteiger partial charge in [0.15, 0.2) is 12.2 Å². The quantitative estimate of drug-likeness (QED) is 0.0790. The molecule has 358 valence electrons. The standard InChI is InChI=1S/C58H66O10/c1-35(2)45-23-19-36-17-20-39(21-18-36)46-24-22-41(40-14-10-13-38(30-40)29-37-11-6-5-7-12-37)31-43(46)32-50(61)65-54-52-49(68-58(3,44-15-8-9-16-44)55(54)67-56(45)62)26-25-47-48(33-60)51(57(63)66-53(47)52)42(27-28-59)34-64-4/h5-7,10-14,17-18,20-21,25-26,30,41-44,46,54-55,59-60H,8-9,15-16,19,22-24,27-29,31-34H2,1-4H3. The number of hydrogen-bond acceptors (Lipinski definition) is 10. The fourth-order valence-corrected chi connectivity index (χ4v) is 12.2. The van der Waals surface area contributed by atoms with E-state index >= 15 is 4.79 Å². The van der Waals surface area contributed by atoms with Crippen LogP contribution in [0.1, 0.15) is 153 Å². The summed E-state index contributed by atoms with van der Waals surface area (Å²) < 4.78 is 32.5. The number of aliphatic hydroxyl groups is 2. The van der Waals surface area contributed by atoms with Gasteiger partial charge in [-0.15, -0.1) is 0 Å². The molecule has 2 fully saturated rings. The lowest BCUT2D eigenvalue weighted by molar-refractivity contribution is -0.199. The van der Waals surface area contributed by atoms with Gasteiger partial charge in [0.25, 0.3) is 0 Å². The molecule has 1 aromatic heterocycles. The van der Waals surface area contributed by atoms with Crippen LogP contribution in [0.5, 0.6) is 5.75 Å². The van der Waals surface area contributed by atoms with Crippen LogP contribution in [0, 0.1) is 11.8 Å². The monoisotopic (exact) mass is 922 g/mol. The zero-order valence-corrected chi connectivity index (χ0v) is 40.0. The van der Waals surface area contributed by atoms with E-state index in [1.165, 1.54) is 29.4 Å². The van der Waals surface area contributed by atoms with E-state index in [0.29, 0.717) is 35.1 Å². The average molecular weight is 923 g/mol. The lowest BCUT2D eigenvalue weighted by Crippen LogP contribution is -2.58. The van der Waals surface area contributed by atoms with Gasteiger partial charge in [0, 0.05) is 48.5 Å². The summed E-state index contributed by atoms with van der Waals surface area (Å²) in [6.45, 7) is 5.20. The molecule has 0 saturated heterocycles. The summed E-state index contributed by atoms with van der Waals surface area (Å²) in [5.74, 6) is -0.932. The highest BCUT2D eigenvalue weighted by atomic mass is 16.6. The van der Waals surface area contributed by atoms with E-state index in [1.54, 1.807) is 12.1 Å². The first kappa shape index (κ1) is 47.5. The molecule has 5 aliphatic rings. The van der Waals surface area contributed by atoms with Crippen LogP contribution in [0.25, 0.3) is 11.0 Å². The van der Waals surface area contributed by atoms with Gasteiger partial charge in [0.1, 0.15) is 16.9 Å². The predicted molar refractivity (Wildman–Crippen MR) is 261 cm³/mol. The first-order valence-corrected chi connectivity index (χ1v) is 24.8. The smallest absolute Gasteiger partial charge is 0.340 e. The summed E-state index contributed by atoms with van der Waals surface area (Å²) in [7, 11) is 1.52. The normalized spacial score (nSPS) is 24.9. The Morgan fingerprint density at radius 3 is 2.32 bits per heavy atom. The van der Waals surface area contributed by atoms with E-state index in [2.05, 4.69) is 72.8 Å². The Labute approximate surface area is 399 Å². The molecule has 7 atom stereocenters. The number of aliphatic hydroxyl groups excluding tert-OH is 2. The Hall–Kier alpha value is -5.55. The van der Waals surface area contributed by atoms with Crippen molar-refractivity contribution in [3.8, 4) is 5.75 Å². The van der Waals surface area contributed by atoms with E-state index in [9.17, 15) is 19.8 Å². The van der Waals surface area contributed by atoms with Crippen LogP contribution in [0.4, 0.5) is 0 Å². The molecule has 5 aromatic rings. The number of aryl methyl sites for hydroxylation is 1. The number of fused-ring (bicyclic) bond motifs is 11. The molecule has 10 rings (SSSR count). The third-order valence-electron chi connectivity index (χ3n) is 15.8. The van der Waals surface area contributed by atoms with Crippen molar-refractivity contribution in [2.75, 3.05) is 20.3 Å². The van der Waals surface area contributed by atoms with Crippen LogP contribution in [0.15, 0.2) is 111 Å². The van der Waals surface area contributed by atoms with Crippen LogP contribution in [0.2, 0.25) is 0 Å². The van der Waals surface area contributed by atoms with Gasteiger partial charge < -0.3 is 33.6 Å². The van der Waals surface area contributed by atoms with E-state index in [4.69, 9.17) is 23.4 Å². The number of benzene rings is 4. The molecular weight excluding hydrogens is 857 g/mol. The molecule has 0 radical (unpaired) electrons. The van der Waals surface area contributed by atoms with Crippen LogP contribution < -0.4 is 10.4 Å². The third-order valence-corrected chi connectivity index (χ3v) is 15.8. The number of ether oxygens (including phenoxy) is 4. The topological polar surface area (TPSA) is 142 Å². The highest BCUT2D eigenvalue weighted by molar-refractivity contribution is 5.90. The van der Waals surface area contributed by atoms with Crippen molar-refractivity contribution in [1.29, 1.82) is 0 Å². The second kappa shape index (κ2) is 20.6. The number of allylic oxidation sites excluding steroid dienone is 1. The first-order chi connectivity index (χ1) is 33.0. The Balaban J connectivity index is 1.16. The SMILES string of the molecule is COCC(CCO)c1c(CO)c2ccc3c(c2oc1=O)C1OC(=O)CC2CC(c4cccc(Cc5ccccc5)c4)CCC2c2ccc(cc2)CCC(=C(C)C)C(=O)OC1C(C)(C1CCCC1)O3. The fourth-order valence-electron chi connectivity index (χ4n) is 12.2. The molecule has 2 aliphatic carbocycles. The lowest BCUT2D eigenvalue weighted by atomic mass is 9.68. The Morgan fingerprint density at radius 2 is 1.60 bits per heavy atom. The molecule has 2 bridgehead atoms. The van der Waals surface area contributed by atoms with Crippen LogP contribution in [0.3, 0.4) is 0 Å². The molecule has 4 heterocycles. The van der Waals surface area contributed by atoms with Crippen molar-refractivity contribution in [2.45, 2.75) is 140 Å². The second-order valence-electron chi connectivity index (χ2n) is 20.2. The molecule has 3 aliphatic heterocycles. The second-order valence-corrected chi connectivity index (χ2v) is 20.2. The van der Waals surface area contributed by atoms with Crippen molar-refractivity contribution in [2.24, 2.45) is 11.8 Å². The van der Waals surface area contributed by atoms with Gasteiger partial charge in [-0.3, -0.25) is 4.79 Å². The van der Waals surface area contributed by atoms with Crippen molar-refractivity contribution in [1.82, 2.24) is 0 Å². The molecule has 7 unspecified atom stereocenters. The minimum absolute atomic E-state index is 0.0409. The molecule has 2 N–H and O–H groups in total. The van der Waals surface area contributed by atoms with E-state index in [-0.39, 0.29) is 66.4 Å². The highest BCUT2D eigenvalue weighted by Gasteiger charge is 2.57. The predicted octanol–water partition coefficient (Wildman–Crippen LogP) is 10.9. The summed E-state index contributed by atoms with van der Waals surface area (Å²) in [6.07, 6.45) is 6.16.